The third-order valence-electron chi connectivity index (χ3n) is 4.28. The summed E-state index contributed by atoms with van der Waals surface area (Å²) in [4.78, 5) is 2.46. The van der Waals surface area contributed by atoms with Crippen molar-refractivity contribution in [2.75, 3.05) is 26.2 Å². The molecule has 0 radical (unpaired) electrons. The Hall–Kier alpha value is -1.06. The normalized spacial score (nSPS) is 21.5. The molecule has 2 atom stereocenters. The Morgan fingerprint density at radius 2 is 1.95 bits per heavy atom. The molecule has 3 heteroatoms. The van der Waals surface area contributed by atoms with Crippen molar-refractivity contribution in [2.45, 2.75) is 45.6 Å². The fourth-order valence-corrected chi connectivity index (χ4v) is 2.94. The summed E-state index contributed by atoms with van der Waals surface area (Å²) in [7, 11) is 0. The third-order valence-corrected chi connectivity index (χ3v) is 4.28. The van der Waals surface area contributed by atoms with E-state index < -0.39 is 0 Å². The molecule has 1 fully saturated rings. The van der Waals surface area contributed by atoms with Gasteiger partial charge in [-0.3, -0.25) is 4.90 Å². The van der Waals surface area contributed by atoms with Crippen molar-refractivity contribution < 1.29 is 4.74 Å². The van der Waals surface area contributed by atoms with Gasteiger partial charge in [-0.1, -0.05) is 32.9 Å². The number of ether oxygens (including phenoxy) is 1. The van der Waals surface area contributed by atoms with E-state index in [1.807, 2.05) is 0 Å². The van der Waals surface area contributed by atoms with Crippen molar-refractivity contribution in [3.05, 3.63) is 29.8 Å². The van der Waals surface area contributed by atoms with E-state index in [0.29, 0.717) is 5.92 Å². The van der Waals surface area contributed by atoms with Gasteiger partial charge >= 0.3 is 0 Å². The van der Waals surface area contributed by atoms with Gasteiger partial charge in [-0.2, -0.15) is 0 Å². The number of hydrogen-bond donors (Lipinski definition) is 1. The Bertz CT molecular complexity index is 436. The van der Waals surface area contributed by atoms with Crippen LogP contribution in [0.25, 0.3) is 0 Å². The maximum Gasteiger partial charge on any atom is 0.119 e. The minimum Gasteiger partial charge on any atom is -0.489 e. The summed E-state index contributed by atoms with van der Waals surface area (Å²) in [6, 6.07) is 8.51. The van der Waals surface area contributed by atoms with Crippen LogP contribution >= 0.6 is 0 Å². The highest BCUT2D eigenvalue weighted by Crippen LogP contribution is 2.25. The van der Waals surface area contributed by atoms with E-state index in [0.717, 1.165) is 31.9 Å². The van der Waals surface area contributed by atoms with Gasteiger partial charge in [0.15, 0.2) is 0 Å². The Balaban J connectivity index is 1.84. The molecule has 1 heterocycles. The molecule has 2 rings (SSSR count). The molecular weight excluding hydrogens is 260 g/mol. The molecule has 1 aromatic carbocycles. The molecule has 1 saturated heterocycles. The highest BCUT2D eigenvalue weighted by molar-refractivity contribution is 5.31. The van der Waals surface area contributed by atoms with Gasteiger partial charge in [-0.15, -0.1) is 0 Å². The maximum atomic E-state index is 6.04. The first-order chi connectivity index (χ1) is 9.88. The van der Waals surface area contributed by atoms with Gasteiger partial charge in [-0.25, -0.2) is 0 Å². The summed E-state index contributed by atoms with van der Waals surface area (Å²) in [5.41, 5.74) is 7.27. The van der Waals surface area contributed by atoms with Gasteiger partial charge < -0.3 is 10.5 Å². The zero-order valence-electron chi connectivity index (χ0n) is 13.9. The molecule has 0 bridgehead atoms. The quantitative estimate of drug-likeness (QED) is 0.906. The summed E-state index contributed by atoms with van der Waals surface area (Å²) < 4.78 is 6.04. The van der Waals surface area contributed by atoms with Gasteiger partial charge in [0.2, 0.25) is 0 Å². The molecule has 0 amide bonds. The average Bonchev–Trinajstić information content (AvgIpc) is 2.85. The van der Waals surface area contributed by atoms with Crippen molar-refractivity contribution in [2.24, 2.45) is 11.7 Å². The number of nitrogens with two attached hydrogens (primary N) is 1. The molecule has 0 saturated carbocycles. The first-order valence-electron chi connectivity index (χ1n) is 8.08. The smallest absolute Gasteiger partial charge is 0.119 e. The molecule has 0 spiro atoms. The minimum absolute atomic E-state index is 0.191. The molecule has 1 unspecified atom stereocenters. The van der Waals surface area contributed by atoms with E-state index in [-0.39, 0.29) is 11.5 Å². The summed E-state index contributed by atoms with van der Waals surface area (Å²) in [5.74, 6) is 1.63. The molecule has 118 valence electrons. The molecule has 1 aromatic rings. The van der Waals surface area contributed by atoms with E-state index in [1.54, 1.807) is 0 Å². The molecule has 21 heavy (non-hydrogen) atoms. The topological polar surface area (TPSA) is 38.5 Å². The summed E-state index contributed by atoms with van der Waals surface area (Å²) >= 11 is 0. The van der Waals surface area contributed by atoms with Gasteiger partial charge in [0.1, 0.15) is 11.9 Å². The highest BCUT2D eigenvalue weighted by Gasteiger charge is 2.23. The predicted molar refractivity (Wildman–Crippen MR) is 88.8 cm³/mol. The largest absolute Gasteiger partial charge is 0.489 e. The zero-order valence-corrected chi connectivity index (χ0v) is 13.9. The third kappa shape index (κ3) is 4.72. The summed E-state index contributed by atoms with van der Waals surface area (Å²) in [6.07, 6.45) is 1.44. The number of benzene rings is 1. The standard InChI is InChI=1S/C18H30N2O/c1-14(12-20-10-9-15(11-19)13-20)21-17-7-5-16(6-8-17)18(2,3)4/h5-8,14-15H,9-13,19H2,1-4H3/t14?,15-/m0/s1. The Labute approximate surface area is 129 Å². The second kappa shape index (κ2) is 6.80. The van der Waals surface area contributed by atoms with Gasteiger partial charge in [0.05, 0.1) is 0 Å². The van der Waals surface area contributed by atoms with Crippen LogP contribution in [0, 0.1) is 5.92 Å². The fourth-order valence-electron chi connectivity index (χ4n) is 2.94. The monoisotopic (exact) mass is 290 g/mol. The lowest BCUT2D eigenvalue weighted by atomic mass is 9.87. The Kier molecular flexibility index (Phi) is 5.28. The SMILES string of the molecule is CC(CN1CC[C@@H](CN)C1)Oc1ccc(C(C)(C)C)cc1. The number of hydrogen-bond acceptors (Lipinski definition) is 3. The van der Waals surface area contributed by atoms with Crippen LogP contribution in [0.2, 0.25) is 0 Å². The van der Waals surface area contributed by atoms with Crippen molar-refractivity contribution in [1.82, 2.24) is 4.90 Å². The van der Waals surface area contributed by atoms with Crippen LogP contribution in [-0.2, 0) is 5.41 Å². The number of nitrogens with zero attached hydrogens (tertiary/aromatic N) is 1. The number of rotatable bonds is 5. The van der Waals surface area contributed by atoms with E-state index in [4.69, 9.17) is 10.5 Å². The average molecular weight is 290 g/mol. The second-order valence-corrected chi connectivity index (χ2v) is 7.35. The summed E-state index contributed by atoms with van der Waals surface area (Å²) in [6.45, 7) is 12.9. The summed E-state index contributed by atoms with van der Waals surface area (Å²) in [5, 5.41) is 0. The lowest BCUT2D eigenvalue weighted by Gasteiger charge is -2.23. The molecule has 1 aliphatic rings. The van der Waals surface area contributed by atoms with E-state index in [9.17, 15) is 0 Å². The van der Waals surface area contributed by atoms with Crippen LogP contribution in [0.5, 0.6) is 5.75 Å². The van der Waals surface area contributed by atoms with Crippen LogP contribution in [-0.4, -0.2) is 37.2 Å². The van der Waals surface area contributed by atoms with Gasteiger partial charge in [0.25, 0.3) is 0 Å². The fraction of sp³-hybridized carbons (Fsp3) is 0.667. The molecule has 2 N–H and O–H groups in total. The Morgan fingerprint density at radius 1 is 1.29 bits per heavy atom. The van der Waals surface area contributed by atoms with E-state index in [2.05, 4.69) is 56.9 Å². The second-order valence-electron chi connectivity index (χ2n) is 7.35. The minimum atomic E-state index is 0.191. The molecule has 1 aliphatic heterocycles. The van der Waals surface area contributed by atoms with E-state index in [1.165, 1.54) is 12.0 Å². The Morgan fingerprint density at radius 3 is 2.48 bits per heavy atom. The van der Waals surface area contributed by atoms with Crippen LogP contribution in [0.3, 0.4) is 0 Å². The molecule has 3 nitrogen and oxygen atoms in total. The van der Waals surface area contributed by atoms with Crippen LogP contribution in [0.4, 0.5) is 0 Å². The molecule has 0 aliphatic carbocycles. The lowest BCUT2D eigenvalue weighted by molar-refractivity contribution is 0.159. The van der Waals surface area contributed by atoms with Crippen molar-refractivity contribution in [1.29, 1.82) is 0 Å². The van der Waals surface area contributed by atoms with Gasteiger partial charge in [0, 0.05) is 13.1 Å². The molecule has 0 aromatic heterocycles. The van der Waals surface area contributed by atoms with Crippen molar-refractivity contribution in [3.63, 3.8) is 0 Å². The lowest BCUT2D eigenvalue weighted by Crippen LogP contribution is -2.33. The molecular formula is C18H30N2O. The highest BCUT2D eigenvalue weighted by atomic mass is 16.5. The van der Waals surface area contributed by atoms with Crippen LogP contribution in [0.1, 0.15) is 39.7 Å². The van der Waals surface area contributed by atoms with Crippen LogP contribution < -0.4 is 10.5 Å². The predicted octanol–water partition coefficient (Wildman–Crippen LogP) is 3.03. The van der Waals surface area contributed by atoms with Crippen molar-refractivity contribution >= 4 is 0 Å². The van der Waals surface area contributed by atoms with E-state index >= 15 is 0 Å². The first-order valence-corrected chi connectivity index (χ1v) is 8.08. The number of likely N-dealkylation sites (tertiary alicyclic amines) is 1. The van der Waals surface area contributed by atoms with Crippen molar-refractivity contribution in [3.8, 4) is 5.75 Å². The van der Waals surface area contributed by atoms with Gasteiger partial charge in [-0.05, 0) is 55.5 Å². The first kappa shape index (κ1) is 16.3. The maximum absolute atomic E-state index is 6.04. The zero-order chi connectivity index (χ0) is 15.5. The van der Waals surface area contributed by atoms with Crippen LogP contribution in [0.15, 0.2) is 24.3 Å².